The number of imidazole rings is 1. The fourth-order valence-corrected chi connectivity index (χ4v) is 2.56. The second-order valence-corrected chi connectivity index (χ2v) is 5.40. The summed E-state index contributed by atoms with van der Waals surface area (Å²) in [6, 6.07) is 26.2. The first-order valence-electron chi connectivity index (χ1n) is 7.60. The number of rotatable bonds is 4. The third-order valence-corrected chi connectivity index (χ3v) is 3.75. The molecular formula is C20H16N2O. The molecule has 0 unspecified atom stereocenters. The lowest BCUT2D eigenvalue weighted by atomic mass is 10.2. The summed E-state index contributed by atoms with van der Waals surface area (Å²) in [7, 11) is 0. The van der Waals surface area contributed by atoms with Gasteiger partial charge in [-0.25, -0.2) is 4.98 Å². The van der Waals surface area contributed by atoms with Crippen LogP contribution in [0.4, 0.5) is 0 Å². The molecule has 1 N–H and O–H groups in total. The minimum Gasteiger partial charge on any atom is -0.489 e. The molecule has 1 aromatic heterocycles. The summed E-state index contributed by atoms with van der Waals surface area (Å²) >= 11 is 0. The van der Waals surface area contributed by atoms with Crippen LogP contribution >= 0.6 is 0 Å². The van der Waals surface area contributed by atoms with Gasteiger partial charge in [-0.15, -0.1) is 0 Å². The molecule has 0 atom stereocenters. The van der Waals surface area contributed by atoms with Crippen LogP contribution < -0.4 is 4.74 Å². The number of nitrogens with zero attached hydrogens (tertiary/aromatic N) is 1. The zero-order chi connectivity index (χ0) is 15.5. The summed E-state index contributed by atoms with van der Waals surface area (Å²) in [5, 5.41) is 0. The van der Waals surface area contributed by atoms with Crippen molar-refractivity contribution in [3.8, 4) is 17.1 Å². The van der Waals surface area contributed by atoms with Crippen molar-refractivity contribution in [2.45, 2.75) is 6.61 Å². The molecule has 0 radical (unpaired) electrons. The number of H-pyrrole nitrogens is 1. The maximum atomic E-state index is 5.89. The number of aromatic amines is 1. The zero-order valence-electron chi connectivity index (χ0n) is 12.6. The molecule has 0 aliphatic rings. The number of aromatic nitrogens is 2. The summed E-state index contributed by atoms with van der Waals surface area (Å²) in [5.74, 6) is 1.70. The van der Waals surface area contributed by atoms with Crippen molar-refractivity contribution >= 4 is 11.0 Å². The lowest BCUT2D eigenvalue weighted by Crippen LogP contribution is -1.95. The predicted molar refractivity (Wildman–Crippen MR) is 92.3 cm³/mol. The fourth-order valence-electron chi connectivity index (χ4n) is 2.56. The minimum atomic E-state index is 0.560. The van der Waals surface area contributed by atoms with E-state index in [1.54, 1.807) is 0 Å². The maximum absolute atomic E-state index is 5.89. The van der Waals surface area contributed by atoms with E-state index >= 15 is 0 Å². The van der Waals surface area contributed by atoms with Crippen LogP contribution in [-0.4, -0.2) is 9.97 Å². The highest BCUT2D eigenvalue weighted by molar-refractivity contribution is 5.79. The first-order chi connectivity index (χ1) is 11.4. The van der Waals surface area contributed by atoms with Gasteiger partial charge >= 0.3 is 0 Å². The largest absolute Gasteiger partial charge is 0.489 e. The van der Waals surface area contributed by atoms with Crippen molar-refractivity contribution in [2.24, 2.45) is 0 Å². The Labute approximate surface area is 134 Å². The van der Waals surface area contributed by atoms with Gasteiger partial charge in [0.05, 0.1) is 11.0 Å². The summed E-state index contributed by atoms with van der Waals surface area (Å²) in [4.78, 5) is 7.98. The van der Waals surface area contributed by atoms with E-state index in [2.05, 4.69) is 22.1 Å². The number of nitrogens with one attached hydrogen (secondary N) is 1. The van der Waals surface area contributed by atoms with Gasteiger partial charge in [0.2, 0.25) is 0 Å². The molecule has 0 fully saturated rings. The third-order valence-electron chi connectivity index (χ3n) is 3.75. The molecule has 112 valence electrons. The van der Waals surface area contributed by atoms with Crippen LogP contribution in [0.1, 0.15) is 5.56 Å². The molecule has 0 spiro atoms. The molecular weight excluding hydrogens is 284 g/mol. The molecule has 3 aromatic carbocycles. The molecule has 0 aliphatic heterocycles. The highest BCUT2D eigenvalue weighted by Crippen LogP contribution is 2.24. The van der Waals surface area contributed by atoms with Gasteiger partial charge in [-0.3, -0.25) is 0 Å². The van der Waals surface area contributed by atoms with Gasteiger partial charge in [0.15, 0.2) is 0 Å². The van der Waals surface area contributed by atoms with Crippen LogP contribution in [0.25, 0.3) is 22.4 Å². The third kappa shape index (κ3) is 2.94. The smallest absolute Gasteiger partial charge is 0.138 e. The van der Waals surface area contributed by atoms with Gasteiger partial charge in [-0.05, 0) is 29.8 Å². The highest BCUT2D eigenvalue weighted by Gasteiger charge is 2.06. The Balaban J connectivity index is 1.58. The molecule has 0 saturated heterocycles. The second kappa shape index (κ2) is 5.97. The molecule has 4 rings (SSSR count). The van der Waals surface area contributed by atoms with Crippen molar-refractivity contribution in [3.05, 3.63) is 84.4 Å². The van der Waals surface area contributed by atoms with Crippen LogP contribution in [0.15, 0.2) is 78.9 Å². The Morgan fingerprint density at radius 3 is 2.52 bits per heavy atom. The Kier molecular flexibility index (Phi) is 3.53. The van der Waals surface area contributed by atoms with E-state index in [9.17, 15) is 0 Å². The summed E-state index contributed by atoms with van der Waals surface area (Å²) in [6.45, 7) is 0.560. The van der Waals surface area contributed by atoms with Crippen LogP contribution in [0.5, 0.6) is 5.75 Å². The number of hydrogen-bond donors (Lipinski definition) is 1. The number of para-hydroxylation sites is 2. The molecule has 4 aromatic rings. The number of fused-ring (bicyclic) bond motifs is 1. The van der Waals surface area contributed by atoms with Gasteiger partial charge in [-0.1, -0.05) is 54.6 Å². The van der Waals surface area contributed by atoms with E-state index in [1.165, 1.54) is 0 Å². The summed E-state index contributed by atoms with van der Waals surface area (Å²) in [6.07, 6.45) is 0. The van der Waals surface area contributed by atoms with Gasteiger partial charge < -0.3 is 9.72 Å². The molecule has 0 bridgehead atoms. The molecule has 3 heteroatoms. The second-order valence-electron chi connectivity index (χ2n) is 5.40. The van der Waals surface area contributed by atoms with Crippen LogP contribution in [0.2, 0.25) is 0 Å². The first-order valence-corrected chi connectivity index (χ1v) is 7.60. The van der Waals surface area contributed by atoms with E-state index in [1.807, 2.05) is 66.7 Å². The first kappa shape index (κ1) is 13.6. The van der Waals surface area contributed by atoms with Crippen molar-refractivity contribution in [1.82, 2.24) is 9.97 Å². The summed E-state index contributed by atoms with van der Waals surface area (Å²) < 4.78 is 5.89. The van der Waals surface area contributed by atoms with Gasteiger partial charge in [0, 0.05) is 5.56 Å². The topological polar surface area (TPSA) is 37.9 Å². The number of ether oxygens (including phenoxy) is 1. The Hall–Kier alpha value is -3.07. The van der Waals surface area contributed by atoms with Gasteiger partial charge in [0.1, 0.15) is 18.2 Å². The normalized spacial score (nSPS) is 10.8. The SMILES string of the molecule is c1ccc(COc2cccc(-c3nc4ccccc4[nH]3)c2)cc1. The van der Waals surface area contributed by atoms with Crippen molar-refractivity contribution in [2.75, 3.05) is 0 Å². The summed E-state index contributed by atoms with van der Waals surface area (Å²) in [5.41, 5.74) is 4.18. The zero-order valence-corrected chi connectivity index (χ0v) is 12.6. The standard InChI is InChI=1S/C20H16N2O/c1-2-7-15(8-3-1)14-23-17-10-6-9-16(13-17)20-21-18-11-4-5-12-19(18)22-20/h1-13H,14H2,(H,21,22). The van der Waals surface area contributed by atoms with Crippen LogP contribution in [-0.2, 0) is 6.61 Å². The Bertz CT molecular complexity index is 895. The fraction of sp³-hybridized carbons (Fsp3) is 0.0500. The van der Waals surface area contributed by atoms with Gasteiger partial charge in [-0.2, -0.15) is 0 Å². The highest BCUT2D eigenvalue weighted by atomic mass is 16.5. The minimum absolute atomic E-state index is 0.560. The molecule has 1 heterocycles. The lowest BCUT2D eigenvalue weighted by molar-refractivity contribution is 0.306. The van der Waals surface area contributed by atoms with Crippen LogP contribution in [0, 0.1) is 0 Å². The molecule has 0 aliphatic carbocycles. The average Bonchev–Trinajstić information content (AvgIpc) is 3.05. The number of hydrogen-bond acceptors (Lipinski definition) is 2. The Morgan fingerprint density at radius 1 is 0.826 bits per heavy atom. The molecule has 0 amide bonds. The van der Waals surface area contributed by atoms with E-state index in [0.29, 0.717) is 6.61 Å². The molecule has 3 nitrogen and oxygen atoms in total. The van der Waals surface area contributed by atoms with Crippen molar-refractivity contribution < 1.29 is 4.74 Å². The molecule has 0 saturated carbocycles. The average molecular weight is 300 g/mol. The van der Waals surface area contributed by atoms with E-state index in [-0.39, 0.29) is 0 Å². The quantitative estimate of drug-likeness (QED) is 0.587. The van der Waals surface area contributed by atoms with E-state index in [0.717, 1.165) is 33.7 Å². The van der Waals surface area contributed by atoms with Crippen LogP contribution in [0.3, 0.4) is 0 Å². The lowest BCUT2D eigenvalue weighted by Gasteiger charge is -2.07. The maximum Gasteiger partial charge on any atom is 0.138 e. The van der Waals surface area contributed by atoms with Crippen molar-refractivity contribution in [3.63, 3.8) is 0 Å². The molecule has 23 heavy (non-hydrogen) atoms. The predicted octanol–water partition coefficient (Wildman–Crippen LogP) is 4.81. The van der Waals surface area contributed by atoms with E-state index < -0.39 is 0 Å². The van der Waals surface area contributed by atoms with Crippen molar-refractivity contribution in [1.29, 1.82) is 0 Å². The Morgan fingerprint density at radius 2 is 1.65 bits per heavy atom. The van der Waals surface area contributed by atoms with E-state index in [4.69, 9.17) is 4.74 Å². The number of benzene rings is 3. The van der Waals surface area contributed by atoms with Gasteiger partial charge in [0.25, 0.3) is 0 Å². The monoisotopic (exact) mass is 300 g/mol.